The lowest BCUT2D eigenvalue weighted by molar-refractivity contribution is -0.156. The molecular formula is C23H26O5. The molecule has 0 bridgehead atoms. The molecule has 28 heavy (non-hydrogen) atoms. The van der Waals surface area contributed by atoms with E-state index in [1.807, 2.05) is 68.4 Å². The van der Waals surface area contributed by atoms with Gasteiger partial charge in [-0.3, -0.25) is 0 Å². The van der Waals surface area contributed by atoms with E-state index in [1.165, 1.54) is 0 Å². The molecule has 5 heteroatoms. The van der Waals surface area contributed by atoms with Crippen LogP contribution in [-0.2, 0) is 20.9 Å². The minimum atomic E-state index is -0.835. The second-order valence-electron chi connectivity index (χ2n) is 7.17. The summed E-state index contributed by atoms with van der Waals surface area (Å²) in [5.74, 6) is 1.15. The topological polar surface area (TPSA) is 54.0 Å². The lowest BCUT2D eigenvalue weighted by atomic mass is 9.97. The number of hydrogen-bond donors (Lipinski definition) is 0. The summed E-state index contributed by atoms with van der Waals surface area (Å²) in [6, 6.07) is 17.2. The fourth-order valence-electron chi connectivity index (χ4n) is 3.09. The van der Waals surface area contributed by atoms with Crippen LogP contribution in [0.25, 0.3) is 0 Å². The van der Waals surface area contributed by atoms with E-state index >= 15 is 0 Å². The van der Waals surface area contributed by atoms with Crippen molar-refractivity contribution in [2.75, 3.05) is 20.3 Å². The molecule has 3 rings (SSSR count). The highest BCUT2D eigenvalue weighted by molar-refractivity contribution is 5.92. The number of carbonyl (C=O) groups is 1. The van der Waals surface area contributed by atoms with E-state index in [2.05, 4.69) is 0 Å². The van der Waals surface area contributed by atoms with Gasteiger partial charge in [0.2, 0.25) is 0 Å². The molecule has 148 valence electrons. The predicted octanol–water partition coefficient (Wildman–Crippen LogP) is 4.31. The number of cyclic esters (lactones) is 1. The summed E-state index contributed by atoms with van der Waals surface area (Å²) in [5.41, 5.74) is 1.89. The van der Waals surface area contributed by atoms with E-state index in [0.717, 1.165) is 16.9 Å². The van der Waals surface area contributed by atoms with Crippen LogP contribution in [0.2, 0.25) is 0 Å². The highest BCUT2D eigenvalue weighted by atomic mass is 16.6. The van der Waals surface area contributed by atoms with Crippen molar-refractivity contribution < 1.29 is 23.7 Å². The Balaban J connectivity index is 1.69. The number of allylic oxidation sites excluding steroid dienone is 1. The molecule has 1 unspecified atom stereocenters. The van der Waals surface area contributed by atoms with Gasteiger partial charge in [-0.25, -0.2) is 4.79 Å². The first-order valence-corrected chi connectivity index (χ1v) is 9.29. The summed E-state index contributed by atoms with van der Waals surface area (Å²) in [6.07, 6.45) is 0.471. The molecule has 0 aromatic heterocycles. The summed E-state index contributed by atoms with van der Waals surface area (Å²) in [5, 5.41) is 0. The van der Waals surface area contributed by atoms with Gasteiger partial charge in [0, 0.05) is 12.0 Å². The van der Waals surface area contributed by atoms with E-state index < -0.39 is 5.60 Å². The lowest BCUT2D eigenvalue weighted by Gasteiger charge is -2.27. The molecule has 1 aliphatic rings. The van der Waals surface area contributed by atoms with Crippen molar-refractivity contribution in [3.8, 4) is 11.5 Å². The third-order valence-electron chi connectivity index (χ3n) is 4.70. The number of esters is 1. The Morgan fingerprint density at radius 3 is 2.29 bits per heavy atom. The highest BCUT2D eigenvalue weighted by Gasteiger charge is 2.45. The van der Waals surface area contributed by atoms with E-state index in [0.29, 0.717) is 24.4 Å². The fraction of sp³-hybridized carbons (Fsp3) is 0.348. The molecule has 1 atom stereocenters. The average Bonchev–Trinajstić information content (AvgIpc) is 3.05. The first-order valence-electron chi connectivity index (χ1n) is 9.29. The highest BCUT2D eigenvalue weighted by Crippen LogP contribution is 2.34. The van der Waals surface area contributed by atoms with Gasteiger partial charge in [-0.15, -0.1) is 0 Å². The van der Waals surface area contributed by atoms with Crippen LogP contribution in [0.15, 0.2) is 65.7 Å². The Morgan fingerprint density at radius 1 is 1.00 bits per heavy atom. The van der Waals surface area contributed by atoms with E-state index in [9.17, 15) is 4.79 Å². The molecule has 1 heterocycles. The first-order chi connectivity index (χ1) is 13.5. The number of rotatable bonds is 8. The molecule has 2 aromatic rings. The maximum atomic E-state index is 12.4. The number of carbonyl (C=O) groups excluding carboxylic acids is 1. The van der Waals surface area contributed by atoms with Gasteiger partial charge in [-0.05, 0) is 43.7 Å². The number of methoxy groups -OCH3 is 1. The zero-order chi connectivity index (χ0) is 20.0. The molecule has 0 N–H and O–H groups in total. The van der Waals surface area contributed by atoms with Crippen LogP contribution in [0.5, 0.6) is 11.5 Å². The third kappa shape index (κ3) is 4.93. The molecule has 0 radical (unpaired) electrons. The van der Waals surface area contributed by atoms with E-state index in [4.69, 9.17) is 18.9 Å². The number of ether oxygens (including phenoxy) is 4. The van der Waals surface area contributed by atoms with Gasteiger partial charge in [-0.2, -0.15) is 0 Å². The molecule has 0 amide bonds. The van der Waals surface area contributed by atoms with E-state index in [1.54, 1.807) is 7.11 Å². The minimum Gasteiger partial charge on any atom is -0.497 e. The van der Waals surface area contributed by atoms with Crippen LogP contribution in [0.4, 0.5) is 0 Å². The Kier molecular flexibility index (Phi) is 6.37. The molecule has 0 spiro atoms. The summed E-state index contributed by atoms with van der Waals surface area (Å²) in [7, 11) is 1.62. The summed E-state index contributed by atoms with van der Waals surface area (Å²) in [4.78, 5) is 12.4. The Hall–Kier alpha value is -2.79. The summed E-state index contributed by atoms with van der Waals surface area (Å²) < 4.78 is 22.8. The zero-order valence-electron chi connectivity index (χ0n) is 16.6. The van der Waals surface area contributed by atoms with E-state index in [-0.39, 0.29) is 19.2 Å². The van der Waals surface area contributed by atoms with Gasteiger partial charge in [-0.1, -0.05) is 35.9 Å². The van der Waals surface area contributed by atoms with Crippen LogP contribution in [0.1, 0.15) is 25.8 Å². The summed E-state index contributed by atoms with van der Waals surface area (Å²) in [6.45, 7) is 4.77. The Morgan fingerprint density at radius 2 is 1.68 bits per heavy atom. The largest absolute Gasteiger partial charge is 0.497 e. The van der Waals surface area contributed by atoms with Crippen molar-refractivity contribution >= 4 is 5.97 Å². The molecule has 1 aliphatic heterocycles. The van der Waals surface area contributed by atoms with Gasteiger partial charge in [0.05, 0.1) is 20.3 Å². The quantitative estimate of drug-likeness (QED) is 0.503. The van der Waals surface area contributed by atoms with Gasteiger partial charge in [0.1, 0.15) is 18.1 Å². The predicted molar refractivity (Wildman–Crippen MR) is 106 cm³/mol. The van der Waals surface area contributed by atoms with Crippen molar-refractivity contribution in [1.29, 1.82) is 0 Å². The molecule has 0 aliphatic carbocycles. The van der Waals surface area contributed by atoms with Gasteiger partial charge < -0.3 is 18.9 Å². The Labute approximate surface area is 165 Å². The van der Waals surface area contributed by atoms with Crippen LogP contribution < -0.4 is 9.47 Å². The van der Waals surface area contributed by atoms with Crippen LogP contribution in [-0.4, -0.2) is 31.9 Å². The van der Waals surface area contributed by atoms with Crippen molar-refractivity contribution in [2.24, 2.45) is 0 Å². The number of hydrogen-bond acceptors (Lipinski definition) is 5. The maximum Gasteiger partial charge on any atom is 0.334 e. The fourth-order valence-corrected chi connectivity index (χ4v) is 3.09. The number of benzene rings is 2. The minimum absolute atomic E-state index is 0.219. The van der Waals surface area contributed by atoms with Crippen molar-refractivity contribution in [3.63, 3.8) is 0 Å². The first kappa shape index (κ1) is 20.0. The van der Waals surface area contributed by atoms with Gasteiger partial charge in [0.25, 0.3) is 0 Å². The summed E-state index contributed by atoms with van der Waals surface area (Å²) >= 11 is 0. The molecule has 1 fully saturated rings. The van der Waals surface area contributed by atoms with Crippen molar-refractivity contribution in [2.45, 2.75) is 32.5 Å². The van der Waals surface area contributed by atoms with Crippen LogP contribution in [0.3, 0.4) is 0 Å². The molecular weight excluding hydrogens is 356 g/mol. The van der Waals surface area contributed by atoms with Crippen molar-refractivity contribution in [3.05, 3.63) is 71.3 Å². The maximum absolute atomic E-state index is 12.4. The average molecular weight is 382 g/mol. The van der Waals surface area contributed by atoms with Crippen LogP contribution in [0, 0.1) is 0 Å². The van der Waals surface area contributed by atoms with Gasteiger partial charge >= 0.3 is 5.97 Å². The zero-order valence-corrected chi connectivity index (χ0v) is 16.6. The third-order valence-corrected chi connectivity index (χ3v) is 4.70. The van der Waals surface area contributed by atoms with Crippen molar-refractivity contribution in [1.82, 2.24) is 0 Å². The monoisotopic (exact) mass is 382 g/mol. The van der Waals surface area contributed by atoms with Gasteiger partial charge in [0.15, 0.2) is 5.60 Å². The molecule has 5 nitrogen and oxygen atoms in total. The molecule has 0 saturated carbocycles. The normalized spacial score (nSPS) is 18.7. The van der Waals surface area contributed by atoms with Crippen LogP contribution >= 0.6 is 0 Å². The second kappa shape index (κ2) is 8.93. The SMILES string of the molecule is COc1ccc(OCC2(COCc3ccccc3)CC(=C(C)C)C(=O)O2)cc1. The second-order valence-corrected chi connectivity index (χ2v) is 7.17. The molecule has 2 aromatic carbocycles. The lowest BCUT2D eigenvalue weighted by Crippen LogP contribution is -2.40. The Bertz CT molecular complexity index is 822. The molecule has 1 saturated heterocycles. The standard InChI is InChI=1S/C23H26O5/c1-17(2)21-13-23(28-22(21)24,15-26-14-18-7-5-4-6-8-18)16-27-20-11-9-19(25-3)10-12-20/h4-12H,13-16H2,1-3H3. The smallest absolute Gasteiger partial charge is 0.334 e.